The molecule has 110 valence electrons. The van der Waals surface area contributed by atoms with E-state index < -0.39 is 0 Å². The van der Waals surface area contributed by atoms with Crippen molar-refractivity contribution < 1.29 is 4.74 Å². The van der Waals surface area contributed by atoms with Crippen LogP contribution in [-0.4, -0.2) is 32.6 Å². The van der Waals surface area contributed by atoms with Gasteiger partial charge in [-0.25, -0.2) is 9.97 Å². The summed E-state index contributed by atoms with van der Waals surface area (Å²) in [6.45, 7) is 7.46. The van der Waals surface area contributed by atoms with Gasteiger partial charge < -0.3 is 9.30 Å². The molecule has 0 aliphatic rings. The van der Waals surface area contributed by atoms with Crippen molar-refractivity contribution in [3.05, 3.63) is 23.1 Å². The minimum atomic E-state index is -0.287. The molecule has 0 saturated carbocycles. The smallest absolute Gasteiger partial charge is 0.160 e. The van der Waals surface area contributed by atoms with Crippen molar-refractivity contribution in [1.29, 1.82) is 0 Å². The van der Waals surface area contributed by atoms with Crippen LogP contribution in [0, 0.1) is 0 Å². The highest BCUT2D eigenvalue weighted by Crippen LogP contribution is 2.22. The van der Waals surface area contributed by atoms with E-state index in [0.29, 0.717) is 30.5 Å². The standard InChI is InChI=1S/C14H19Cl2N3O/c1-4-20-14(2,3)9-19-12(5-6-15)18-11-7-10(16)8-17-13(11)19/h7-8H,4-6,9H2,1-3H3. The number of aromatic nitrogens is 3. The van der Waals surface area contributed by atoms with Gasteiger partial charge in [0, 0.05) is 25.1 Å². The lowest BCUT2D eigenvalue weighted by atomic mass is 10.1. The van der Waals surface area contributed by atoms with Crippen LogP contribution in [-0.2, 0) is 17.7 Å². The first-order valence-electron chi connectivity index (χ1n) is 6.67. The summed E-state index contributed by atoms with van der Waals surface area (Å²) in [5.41, 5.74) is 1.33. The first kappa shape index (κ1) is 15.5. The summed E-state index contributed by atoms with van der Waals surface area (Å²) in [6.07, 6.45) is 2.33. The second-order valence-electron chi connectivity index (χ2n) is 5.24. The number of alkyl halides is 1. The molecule has 0 amide bonds. The van der Waals surface area contributed by atoms with Gasteiger partial charge in [0.25, 0.3) is 0 Å². The number of hydrogen-bond donors (Lipinski definition) is 0. The van der Waals surface area contributed by atoms with Crippen molar-refractivity contribution in [1.82, 2.24) is 14.5 Å². The topological polar surface area (TPSA) is 39.9 Å². The Morgan fingerprint density at radius 2 is 2.15 bits per heavy atom. The van der Waals surface area contributed by atoms with Crippen LogP contribution in [0.5, 0.6) is 0 Å². The Bertz CT molecular complexity index is 595. The monoisotopic (exact) mass is 315 g/mol. The molecule has 0 aliphatic heterocycles. The normalized spacial score (nSPS) is 12.2. The molecule has 0 radical (unpaired) electrons. The van der Waals surface area contributed by atoms with Crippen molar-refractivity contribution in [3.8, 4) is 0 Å². The molecular formula is C14H19Cl2N3O. The highest BCUT2D eigenvalue weighted by Gasteiger charge is 2.22. The number of pyridine rings is 1. The Morgan fingerprint density at radius 1 is 1.40 bits per heavy atom. The van der Waals surface area contributed by atoms with E-state index in [1.54, 1.807) is 6.20 Å². The Morgan fingerprint density at radius 3 is 2.80 bits per heavy atom. The van der Waals surface area contributed by atoms with Crippen LogP contribution in [0.2, 0.25) is 5.02 Å². The Labute approximate surface area is 129 Å². The van der Waals surface area contributed by atoms with Crippen LogP contribution in [0.1, 0.15) is 26.6 Å². The maximum atomic E-state index is 5.98. The average Bonchev–Trinajstić information content (AvgIpc) is 2.66. The number of halogens is 2. The molecular weight excluding hydrogens is 297 g/mol. The number of hydrogen-bond acceptors (Lipinski definition) is 3. The SMILES string of the molecule is CCOC(C)(C)Cn1c(CCCl)nc2cc(Cl)cnc21. The molecule has 2 rings (SSSR count). The third-order valence-electron chi connectivity index (χ3n) is 3.02. The van der Waals surface area contributed by atoms with Crippen LogP contribution in [0.15, 0.2) is 12.3 Å². The van der Waals surface area contributed by atoms with E-state index in [9.17, 15) is 0 Å². The molecule has 0 aliphatic carbocycles. The number of imidazole rings is 1. The van der Waals surface area contributed by atoms with E-state index in [1.807, 2.05) is 13.0 Å². The second-order valence-corrected chi connectivity index (χ2v) is 6.06. The number of rotatable bonds is 6. The first-order valence-corrected chi connectivity index (χ1v) is 7.58. The summed E-state index contributed by atoms with van der Waals surface area (Å²) in [5.74, 6) is 1.43. The number of fused-ring (bicyclic) bond motifs is 1. The summed E-state index contributed by atoms with van der Waals surface area (Å²) < 4.78 is 7.85. The zero-order valence-corrected chi connectivity index (χ0v) is 13.5. The fourth-order valence-corrected chi connectivity index (χ4v) is 2.61. The quantitative estimate of drug-likeness (QED) is 0.763. The third kappa shape index (κ3) is 3.43. The van der Waals surface area contributed by atoms with Crippen LogP contribution in [0.25, 0.3) is 11.2 Å². The molecule has 20 heavy (non-hydrogen) atoms. The van der Waals surface area contributed by atoms with Gasteiger partial charge in [-0.05, 0) is 26.8 Å². The second kappa shape index (κ2) is 6.29. The molecule has 0 spiro atoms. The van der Waals surface area contributed by atoms with Crippen molar-refractivity contribution in [2.45, 2.75) is 39.3 Å². The van der Waals surface area contributed by atoms with Crippen LogP contribution in [0.3, 0.4) is 0 Å². The lowest BCUT2D eigenvalue weighted by Gasteiger charge is -2.26. The van der Waals surface area contributed by atoms with Crippen LogP contribution >= 0.6 is 23.2 Å². The molecule has 0 aromatic carbocycles. The first-order chi connectivity index (χ1) is 9.46. The largest absolute Gasteiger partial charge is 0.374 e. The van der Waals surface area contributed by atoms with E-state index in [0.717, 1.165) is 17.0 Å². The zero-order valence-electron chi connectivity index (χ0n) is 12.0. The maximum absolute atomic E-state index is 5.98. The molecule has 0 saturated heterocycles. The van der Waals surface area contributed by atoms with Gasteiger partial charge in [0.2, 0.25) is 0 Å². The molecule has 6 heteroatoms. The van der Waals surface area contributed by atoms with Gasteiger partial charge in [-0.2, -0.15) is 0 Å². The molecule has 2 aromatic rings. The zero-order chi connectivity index (χ0) is 14.8. The van der Waals surface area contributed by atoms with Gasteiger partial charge in [0.15, 0.2) is 5.65 Å². The third-order valence-corrected chi connectivity index (χ3v) is 3.42. The van der Waals surface area contributed by atoms with E-state index >= 15 is 0 Å². The van der Waals surface area contributed by atoms with Crippen LogP contribution < -0.4 is 0 Å². The molecule has 2 aromatic heterocycles. The molecule has 0 bridgehead atoms. The van der Waals surface area contributed by atoms with Crippen molar-refractivity contribution >= 4 is 34.4 Å². The summed E-state index contributed by atoms with van der Waals surface area (Å²) in [4.78, 5) is 8.98. The van der Waals surface area contributed by atoms with Gasteiger partial charge in [-0.1, -0.05) is 11.6 Å². The lowest BCUT2D eigenvalue weighted by Crippen LogP contribution is -2.31. The number of ether oxygens (including phenoxy) is 1. The van der Waals surface area contributed by atoms with E-state index in [1.165, 1.54) is 0 Å². The molecule has 2 heterocycles. The fraction of sp³-hybridized carbons (Fsp3) is 0.571. The van der Waals surface area contributed by atoms with Crippen molar-refractivity contribution in [2.24, 2.45) is 0 Å². The highest BCUT2D eigenvalue weighted by molar-refractivity contribution is 6.31. The Hall–Kier alpha value is -0.840. The van der Waals surface area contributed by atoms with E-state index in [2.05, 4.69) is 28.4 Å². The average molecular weight is 316 g/mol. The highest BCUT2D eigenvalue weighted by atomic mass is 35.5. The van der Waals surface area contributed by atoms with E-state index in [-0.39, 0.29) is 5.60 Å². The fourth-order valence-electron chi connectivity index (χ4n) is 2.29. The molecule has 0 atom stereocenters. The lowest BCUT2D eigenvalue weighted by molar-refractivity contribution is -0.0222. The minimum Gasteiger partial charge on any atom is -0.374 e. The molecule has 0 fully saturated rings. The Balaban J connectivity index is 2.45. The predicted molar refractivity (Wildman–Crippen MR) is 82.7 cm³/mol. The molecule has 0 N–H and O–H groups in total. The van der Waals surface area contributed by atoms with Gasteiger partial charge >= 0.3 is 0 Å². The number of nitrogens with zero attached hydrogens (tertiary/aromatic N) is 3. The van der Waals surface area contributed by atoms with Gasteiger partial charge in [0.05, 0.1) is 17.2 Å². The number of aryl methyl sites for hydroxylation is 1. The van der Waals surface area contributed by atoms with E-state index in [4.69, 9.17) is 27.9 Å². The van der Waals surface area contributed by atoms with Crippen LogP contribution in [0.4, 0.5) is 0 Å². The van der Waals surface area contributed by atoms with Crippen molar-refractivity contribution in [3.63, 3.8) is 0 Å². The molecule has 4 nitrogen and oxygen atoms in total. The summed E-state index contributed by atoms with van der Waals surface area (Å²) in [5, 5.41) is 0.587. The minimum absolute atomic E-state index is 0.287. The Kier molecular flexibility index (Phi) is 4.89. The summed E-state index contributed by atoms with van der Waals surface area (Å²) in [6, 6.07) is 1.83. The summed E-state index contributed by atoms with van der Waals surface area (Å²) in [7, 11) is 0. The maximum Gasteiger partial charge on any atom is 0.160 e. The van der Waals surface area contributed by atoms with Gasteiger partial charge in [0.1, 0.15) is 11.3 Å². The van der Waals surface area contributed by atoms with Gasteiger partial charge in [-0.3, -0.25) is 0 Å². The van der Waals surface area contributed by atoms with Crippen molar-refractivity contribution in [2.75, 3.05) is 12.5 Å². The predicted octanol–water partition coefficient (Wildman–Crippen LogP) is 3.68. The van der Waals surface area contributed by atoms with Gasteiger partial charge in [-0.15, -0.1) is 11.6 Å². The molecule has 0 unspecified atom stereocenters. The summed E-state index contributed by atoms with van der Waals surface area (Å²) >= 11 is 11.8.